The van der Waals surface area contributed by atoms with Gasteiger partial charge in [-0.3, -0.25) is 28.5 Å². The Morgan fingerprint density at radius 3 is 2.03 bits per heavy atom. The van der Waals surface area contributed by atoms with Gasteiger partial charge in [0, 0.05) is 13.8 Å². The van der Waals surface area contributed by atoms with Crippen molar-refractivity contribution in [3.05, 3.63) is 0 Å². The number of amides is 2. The predicted octanol–water partition coefficient (Wildman–Crippen LogP) is -2.45. The SMILES string of the molecule is CC(=O)OC1C(COP(=O)(O)OP(=O)(O)OP(=O)(O)O)OC(N2N=NC(C(N)=O)C(=O)C2=O)C1OC(C)=O. The third-order valence-corrected chi connectivity index (χ3v) is 7.95. The molecule has 0 bridgehead atoms. The molecule has 7 atom stereocenters. The largest absolute Gasteiger partial charge is 0.490 e. The minimum Gasteiger partial charge on any atom is -0.456 e. The van der Waals surface area contributed by atoms with Crippen LogP contribution in [0.5, 0.6) is 0 Å². The van der Waals surface area contributed by atoms with Crippen LogP contribution < -0.4 is 5.73 Å². The van der Waals surface area contributed by atoms with E-state index < -0.39 is 90.2 Å². The quantitative estimate of drug-likeness (QED) is 0.0699. The van der Waals surface area contributed by atoms with Crippen LogP contribution in [0, 0.1) is 0 Å². The molecule has 1 saturated heterocycles. The number of esters is 2. The molecule has 2 amide bonds. The normalized spacial score (nSPS) is 28.9. The Morgan fingerprint density at radius 1 is 0.974 bits per heavy atom. The monoisotopic (exact) mass is 612 g/mol. The molecule has 0 aliphatic carbocycles. The lowest BCUT2D eigenvalue weighted by molar-refractivity contribution is -0.175. The number of carbonyl (C=O) groups is 5. The van der Waals surface area contributed by atoms with Crippen LogP contribution in [-0.2, 0) is 65.0 Å². The van der Waals surface area contributed by atoms with Crippen LogP contribution >= 0.6 is 23.5 Å². The van der Waals surface area contributed by atoms with Crippen molar-refractivity contribution in [1.82, 2.24) is 5.01 Å². The highest BCUT2D eigenvalue weighted by Crippen LogP contribution is 2.66. The molecule has 0 radical (unpaired) electrons. The van der Waals surface area contributed by atoms with E-state index in [9.17, 15) is 47.5 Å². The molecular formula is C13H19N4O18P3. The van der Waals surface area contributed by atoms with Gasteiger partial charge < -0.3 is 39.5 Å². The summed E-state index contributed by atoms with van der Waals surface area (Å²) >= 11 is 0. The number of carbonyl (C=O) groups excluding carboxylic acids is 5. The zero-order valence-electron chi connectivity index (χ0n) is 18.9. The number of nitrogens with two attached hydrogens (primary N) is 1. The summed E-state index contributed by atoms with van der Waals surface area (Å²) in [5.74, 6) is -6.39. The number of rotatable bonds is 11. The van der Waals surface area contributed by atoms with Crippen molar-refractivity contribution in [2.75, 3.05) is 6.61 Å². The van der Waals surface area contributed by atoms with E-state index in [0.29, 0.717) is 0 Å². The third kappa shape index (κ3) is 8.52. The van der Waals surface area contributed by atoms with Gasteiger partial charge in [0.25, 0.3) is 11.7 Å². The number of hydrogen-bond acceptors (Lipinski definition) is 16. The fraction of sp³-hybridized carbons (Fsp3) is 0.615. The maximum absolute atomic E-state index is 12.5. The molecule has 6 N–H and O–H groups in total. The van der Waals surface area contributed by atoms with Crippen LogP contribution in [0.4, 0.5) is 0 Å². The van der Waals surface area contributed by atoms with Gasteiger partial charge in [-0.1, -0.05) is 5.22 Å². The topological polar surface area (TPSA) is 327 Å². The highest BCUT2D eigenvalue weighted by atomic mass is 31.3. The van der Waals surface area contributed by atoms with E-state index in [1.54, 1.807) is 0 Å². The van der Waals surface area contributed by atoms with Gasteiger partial charge in [0.1, 0.15) is 6.10 Å². The molecule has 2 aliphatic rings. The molecule has 38 heavy (non-hydrogen) atoms. The van der Waals surface area contributed by atoms with Crippen LogP contribution in [0.25, 0.3) is 0 Å². The Morgan fingerprint density at radius 2 is 1.53 bits per heavy atom. The molecule has 0 aromatic carbocycles. The zero-order valence-corrected chi connectivity index (χ0v) is 21.5. The molecule has 2 rings (SSSR count). The third-order valence-electron chi connectivity index (χ3n) is 4.15. The Labute approximate surface area is 210 Å². The van der Waals surface area contributed by atoms with E-state index in [1.165, 1.54) is 0 Å². The van der Waals surface area contributed by atoms with E-state index in [-0.39, 0.29) is 5.01 Å². The standard InChI is InChI=1S/C13H19N4O18P3/c1-4(18)31-9-6(3-30-37(26,27)35-38(28,29)34-36(23,24)25)33-13(10(9)32-5(2)19)17-12(22)8(20)7(11(14)21)15-16-17/h6-7,9-10,13H,3H2,1-2H3,(H2,14,21)(H,26,27)(H,28,29)(H2,23,24,25). The van der Waals surface area contributed by atoms with E-state index in [4.69, 9.17) is 29.7 Å². The van der Waals surface area contributed by atoms with Gasteiger partial charge in [-0.15, -0.1) is 5.11 Å². The molecule has 0 spiro atoms. The number of Topliss-reactive ketones (excluding diaryl/α,β-unsaturated/α-hetero) is 1. The van der Waals surface area contributed by atoms with Crippen molar-refractivity contribution in [1.29, 1.82) is 0 Å². The maximum Gasteiger partial charge on any atom is 0.490 e. The molecule has 25 heteroatoms. The summed E-state index contributed by atoms with van der Waals surface area (Å²) in [7, 11) is -17.2. The summed E-state index contributed by atoms with van der Waals surface area (Å²) in [6.07, 6.45) is -7.26. The van der Waals surface area contributed by atoms with Crippen molar-refractivity contribution in [2.24, 2.45) is 16.1 Å². The Hall–Kier alpha value is -2.48. The molecular weight excluding hydrogens is 593 g/mol. The first-order chi connectivity index (χ1) is 17.2. The lowest BCUT2D eigenvalue weighted by Gasteiger charge is -2.29. The summed E-state index contributed by atoms with van der Waals surface area (Å²) in [6, 6.07) is -1.97. The van der Waals surface area contributed by atoms with Gasteiger partial charge in [0.2, 0.25) is 6.04 Å². The Balaban J connectivity index is 2.33. The molecule has 1 fully saturated rings. The molecule has 214 valence electrons. The van der Waals surface area contributed by atoms with Crippen LogP contribution in [0.3, 0.4) is 0 Å². The van der Waals surface area contributed by atoms with Crippen LogP contribution in [0.1, 0.15) is 13.8 Å². The maximum atomic E-state index is 12.5. The summed E-state index contributed by atoms with van der Waals surface area (Å²) in [4.78, 5) is 95.3. The van der Waals surface area contributed by atoms with E-state index >= 15 is 0 Å². The molecule has 2 aliphatic heterocycles. The van der Waals surface area contributed by atoms with Gasteiger partial charge >= 0.3 is 41.3 Å². The smallest absolute Gasteiger partial charge is 0.456 e. The first-order valence-electron chi connectivity index (χ1n) is 9.59. The summed E-state index contributed by atoms with van der Waals surface area (Å²) < 4.78 is 61.2. The summed E-state index contributed by atoms with van der Waals surface area (Å²) in [6.45, 7) is 0.548. The molecule has 7 unspecified atom stereocenters. The van der Waals surface area contributed by atoms with Gasteiger partial charge in [-0.05, 0) is 0 Å². The summed E-state index contributed by atoms with van der Waals surface area (Å²) in [5.41, 5.74) is 4.96. The molecule has 0 aromatic heterocycles. The van der Waals surface area contributed by atoms with Gasteiger partial charge in [-0.25, -0.2) is 13.7 Å². The second-order valence-corrected chi connectivity index (χ2v) is 11.5. The molecule has 0 saturated carbocycles. The van der Waals surface area contributed by atoms with Gasteiger partial charge in [-0.2, -0.15) is 13.6 Å². The summed E-state index contributed by atoms with van der Waals surface area (Å²) in [5, 5.41) is 6.82. The van der Waals surface area contributed by atoms with E-state index in [0.717, 1.165) is 13.8 Å². The van der Waals surface area contributed by atoms with Crippen LogP contribution in [0.15, 0.2) is 10.3 Å². The first kappa shape index (κ1) is 31.7. The van der Waals surface area contributed by atoms with Crippen molar-refractivity contribution in [3.63, 3.8) is 0 Å². The molecule has 22 nitrogen and oxygen atoms in total. The number of ketones is 1. The number of primary amides is 1. The second kappa shape index (κ2) is 11.7. The minimum atomic E-state index is -5.88. The van der Waals surface area contributed by atoms with Crippen LogP contribution in [0.2, 0.25) is 0 Å². The number of phosphoric acid groups is 3. The van der Waals surface area contributed by atoms with Crippen molar-refractivity contribution in [2.45, 2.75) is 44.4 Å². The van der Waals surface area contributed by atoms with Gasteiger partial charge in [0.05, 0.1) is 6.61 Å². The first-order valence-corrected chi connectivity index (χ1v) is 14.1. The zero-order chi connectivity index (χ0) is 29.2. The van der Waals surface area contributed by atoms with Crippen molar-refractivity contribution < 1.29 is 84.6 Å². The minimum absolute atomic E-state index is 0.205. The Bertz CT molecular complexity index is 1180. The number of nitrogens with zero attached hydrogens (tertiary/aromatic N) is 3. The van der Waals surface area contributed by atoms with E-state index in [2.05, 4.69) is 23.5 Å². The highest BCUT2D eigenvalue weighted by molar-refractivity contribution is 7.66. The van der Waals surface area contributed by atoms with Crippen molar-refractivity contribution >= 4 is 53.0 Å². The predicted molar refractivity (Wildman–Crippen MR) is 109 cm³/mol. The highest BCUT2D eigenvalue weighted by Gasteiger charge is 2.56. The number of hydrogen-bond donors (Lipinski definition) is 5. The van der Waals surface area contributed by atoms with Crippen molar-refractivity contribution in [3.8, 4) is 0 Å². The number of ether oxygens (including phenoxy) is 3. The van der Waals surface area contributed by atoms with Gasteiger partial charge in [0.15, 0.2) is 18.4 Å². The van der Waals surface area contributed by atoms with E-state index in [1.807, 2.05) is 0 Å². The lowest BCUT2D eigenvalue weighted by atomic mass is 10.1. The fourth-order valence-electron chi connectivity index (χ4n) is 2.94. The molecule has 2 heterocycles. The average Bonchev–Trinajstić information content (AvgIpc) is 3.01. The second-order valence-electron chi connectivity index (χ2n) is 7.12. The average molecular weight is 612 g/mol. The Kier molecular flexibility index (Phi) is 9.79. The lowest BCUT2D eigenvalue weighted by Crippen LogP contribution is -2.54. The number of phosphoric ester groups is 1. The van der Waals surface area contributed by atoms with Crippen LogP contribution in [-0.4, -0.2) is 91.3 Å². The molecule has 0 aromatic rings. The fourth-order valence-corrected chi connectivity index (χ4v) is 5.97.